The summed E-state index contributed by atoms with van der Waals surface area (Å²) in [7, 11) is 4.04. The number of ether oxygens (including phenoxy) is 5. The van der Waals surface area contributed by atoms with Crippen LogP contribution in [0, 0.1) is 0 Å². The van der Waals surface area contributed by atoms with Crippen LogP contribution in [0.25, 0.3) is 0 Å². The number of methoxy groups -OCH3 is 3. The van der Waals surface area contributed by atoms with Gasteiger partial charge in [0.15, 0.2) is 17.6 Å². The van der Waals surface area contributed by atoms with Gasteiger partial charge in [-0.25, -0.2) is 4.79 Å². The number of carbonyl (C=O) groups excluding carboxylic acids is 3. The van der Waals surface area contributed by atoms with Crippen LogP contribution in [-0.4, -0.2) is 45.3 Å². The number of hydrogen-bond acceptors (Lipinski definition) is 8. The van der Waals surface area contributed by atoms with Gasteiger partial charge in [-0.15, -0.1) is 0 Å². The van der Waals surface area contributed by atoms with Gasteiger partial charge in [0, 0.05) is 19.4 Å². The Morgan fingerprint density at radius 3 is 1.92 bits per heavy atom. The molecule has 0 fully saturated rings. The minimum absolute atomic E-state index is 0.360. The third-order valence-electron chi connectivity index (χ3n) is 3.03. The quantitative estimate of drug-likeness (QED) is 0.543. The Morgan fingerprint density at radius 2 is 1.46 bits per heavy atom. The van der Waals surface area contributed by atoms with Crippen molar-refractivity contribution >= 4 is 17.9 Å². The number of esters is 3. The molecule has 0 aliphatic rings. The number of rotatable bonds is 7. The Bertz CT molecular complexity index is 610. The normalized spacial score (nSPS) is 12.5. The van der Waals surface area contributed by atoms with Gasteiger partial charge in [-0.3, -0.25) is 9.59 Å². The van der Waals surface area contributed by atoms with Gasteiger partial charge >= 0.3 is 17.9 Å². The Balaban J connectivity index is 3.35. The van der Waals surface area contributed by atoms with Gasteiger partial charge in [0.2, 0.25) is 6.10 Å². The van der Waals surface area contributed by atoms with Crippen LogP contribution in [-0.2, 0) is 28.6 Å². The van der Waals surface area contributed by atoms with E-state index in [9.17, 15) is 14.4 Å². The Labute approximate surface area is 139 Å². The van der Waals surface area contributed by atoms with Gasteiger partial charge < -0.3 is 23.7 Å². The van der Waals surface area contributed by atoms with Crippen LogP contribution in [0.2, 0.25) is 0 Å². The zero-order valence-electron chi connectivity index (χ0n) is 14.2. The maximum absolute atomic E-state index is 12.0. The molecule has 0 unspecified atom stereocenters. The lowest BCUT2D eigenvalue weighted by molar-refractivity contribution is -0.180. The van der Waals surface area contributed by atoms with Crippen molar-refractivity contribution in [1.82, 2.24) is 0 Å². The monoisotopic (exact) mass is 340 g/mol. The van der Waals surface area contributed by atoms with E-state index in [-0.39, 0.29) is 0 Å². The molecule has 0 bridgehead atoms. The van der Waals surface area contributed by atoms with Crippen LogP contribution in [0.15, 0.2) is 18.2 Å². The van der Waals surface area contributed by atoms with E-state index in [2.05, 4.69) is 4.74 Å². The smallest absolute Gasteiger partial charge is 0.351 e. The molecule has 2 atom stereocenters. The van der Waals surface area contributed by atoms with Crippen LogP contribution in [0.3, 0.4) is 0 Å². The third-order valence-corrected chi connectivity index (χ3v) is 3.03. The second-order valence-corrected chi connectivity index (χ2v) is 4.70. The molecule has 0 aliphatic carbocycles. The molecule has 0 N–H and O–H groups in total. The SMILES string of the molecule is COC(=O)[C@H](OC(C)=O)[C@H](OC(C)=O)c1ccc(OC)c(OC)c1. The van der Waals surface area contributed by atoms with E-state index >= 15 is 0 Å². The molecule has 0 heterocycles. The molecule has 0 saturated carbocycles. The van der Waals surface area contributed by atoms with E-state index in [0.717, 1.165) is 14.0 Å². The standard InChI is InChI=1S/C16H20O8/c1-9(17)23-14(15(16(19)22-5)24-10(2)18)11-6-7-12(20-3)13(8-11)21-4/h6-8,14-15H,1-5H3/t14-,15-/m1/s1. The lowest BCUT2D eigenvalue weighted by Gasteiger charge is -2.25. The van der Waals surface area contributed by atoms with Crippen LogP contribution in [0.1, 0.15) is 25.5 Å². The van der Waals surface area contributed by atoms with Crippen molar-refractivity contribution in [2.24, 2.45) is 0 Å². The van der Waals surface area contributed by atoms with Crippen molar-refractivity contribution in [3.63, 3.8) is 0 Å². The van der Waals surface area contributed by atoms with Crippen molar-refractivity contribution in [1.29, 1.82) is 0 Å². The first kappa shape index (κ1) is 19.3. The summed E-state index contributed by atoms with van der Waals surface area (Å²) < 4.78 is 25.1. The second kappa shape index (κ2) is 8.76. The average Bonchev–Trinajstić information content (AvgIpc) is 2.56. The Morgan fingerprint density at radius 1 is 0.875 bits per heavy atom. The molecule has 1 aromatic rings. The van der Waals surface area contributed by atoms with Gasteiger partial charge in [0.05, 0.1) is 21.3 Å². The minimum atomic E-state index is -1.45. The summed E-state index contributed by atoms with van der Waals surface area (Å²) in [5.41, 5.74) is 0.375. The molecule has 0 aliphatic heterocycles. The van der Waals surface area contributed by atoms with Crippen LogP contribution in [0.4, 0.5) is 0 Å². The molecule has 8 heteroatoms. The van der Waals surface area contributed by atoms with Crippen molar-refractivity contribution in [2.75, 3.05) is 21.3 Å². The zero-order chi connectivity index (χ0) is 18.3. The van der Waals surface area contributed by atoms with Gasteiger partial charge in [-0.2, -0.15) is 0 Å². The first-order valence-corrected chi connectivity index (χ1v) is 6.98. The number of benzene rings is 1. The van der Waals surface area contributed by atoms with Gasteiger partial charge in [-0.1, -0.05) is 6.07 Å². The molecule has 132 valence electrons. The zero-order valence-corrected chi connectivity index (χ0v) is 14.2. The fraction of sp³-hybridized carbons (Fsp3) is 0.438. The van der Waals surface area contributed by atoms with Gasteiger partial charge in [0.1, 0.15) is 0 Å². The molecule has 1 aromatic carbocycles. The summed E-state index contributed by atoms with van der Waals surface area (Å²) >= 11 is 0. The average molecular weight is 340 g/mol. The van der Waals surface area contributed by atoms with Gasteiger partial charge in [0.25, 0.3) is 0 Å². The van der Waals surface area contributed by atoms with E-state index in [0.29, 0.717) is 17.1 Å². The molecular weight excluding hydrogens is 320 g/mol. The molecule has 1 rings (SSSR count). The summed E-state index contributed by atoms with van der Waals surface area (Å²) in [6.45, 7) is 2.31. The summed E-state index contributed by atoms with van der Waals surface area (Å²) in [6, 6.07) is 4.66. The van der Waals surface area contributed by atoms with E-state index < -0.39 is 30.1 Å². The first-order valence-electron chi connectivity index (χ1n) is 6.98. The Kier molecular flexibility index (Phi) is 7.03. The summed E-state index contributed by atoms with van der Waals surface area (Å²) in [5.74, 6) is -1.42. The summed E-state index contributed by atoms with van der Waals surface area (Å²) in [6.07, 6.45) is -2.65. The maximum atomic E-state index is 12.0. The largest absolute Gasteiger partial charge is 0.493 e. The van der Waals surface area contributed by atoms with Crippen molar-refractivity contribution in [3.8, 4) is 11.5 Å². The highest BCUT2D eigenvalue weighted by molar-refractivity contribution is 5.80. The predicted octanol–water partition coefficient (Wildman–Crippen LogP) is 1.41. The molecule has 0 amide bonds. The van der Waals surface area contributed by atoms with Crippen molar-refractivity contribution in [2.45, 2.75) is 26.1 Å². The highest BCUT2D eigenvalue weighted by Gasteiger charge is 2.36. The highest BCUT2D eigenvalue weighted by Crippen LogP contribution is 2.33. The molecule has 0 saturated heterocycles. The molecule has 0 aromatic heterocycles. The van der Waals surface area contributed by atoms with Crippen LogP contribution >= 0.6 is 0 Å². The van der Waals surface area contributed by atoms with Gasteiger partial charge in [-0.05, 0) is 12.1 Å². The first-order chi connectivity index (χ1) is 11.3. The predicted molar refractivity (Wildman–Crippen MR) is 81.6 cm³/mol. The second-order valence-electron chi connectivity index (χ2n) is 4.70. The maximum Gasteiger partial charge on any atom is 0.351 e. The summed E-state index contributed by atoms with van der Waals surface area (Å²) in [4.78, 5) is 34.7. The van der Waals surface area contributed by atoms with Crippen LogP contribution in [0.5, 0.6) is 11.5 Å². The molecule has 0 radical (unpaired) electrons. The van der Waals surface area contributed by atoms with Crippen LogP contribution < -0.4 is 9.47 Å². The topological polar surface area (TPSA) is 97.4 Å². The molecule has 0 spiro atoms. The number of carbonyl (C=O) groups is 3. The third kappa shape index (κ3) is 4.87. The minimum Gasteiger partial charge on any atom is -0.493 e. The lowest BCUT2D eigenvalue weighted by atomic mass is 10.0. The molecular formula is C16H20O8. The number of hydrogen-bond donors (Lipinski definition) is 0. The van der Waals surface area contributed by atoms with Crippen molar-refractivity contribution in [3.05, 3.63) is 23.8 Å². The molecule has 24 heavy (non-hydrogen) atoms. The van der Waals surface area contributed by atoms with E-state index in [4.69, 9.17) is 18.9 Å². The van der Waals surface area contributed by atoms with E-state index in [1.54, 1.807) is 12.1 Å². The fourth-order valence-electron chi connectivity index (χ4n) is 2.04. The van der Waals surface area contributed by atoms with E-state index in [1.165, 1.54) is 27.2 Å². The lowest BCUT2D eigenvalue weighted by Crippen LogP contribution is -2.36. The molecule has 8 nitrogen and oxygen atoms in total. The summed E-state index contributed by atoms with van der Waals surface area (Å²) in [5, 5.41) is 0. The fourth-order valence-corrected chi connectivity index (χ4v) is 2.04. The van der Waals surface area contributed by atoms with E-state index in [1.807, 2.05) is 0 Å². The Hall–Kier alpha value is -2.77. The van der Waals surface area contributed by atoms with Crippen molar-refractivity contribution < 1.29 is 38.1 Å². The highest BCUT2D eigenvalue weighted by atomic mass is 16.6.